The van der Waals surface area contributed by atoms with E-state index in [2.05, 4.69) is 29.1 Å². The smallest absolute Gasteiger partial charge is 0.255 e. The number of amides is 1. The van der Waals surface area contributed by atoms with E-state index < -0.39 is 0 Å². The van der Waals surface area contributed by atoms with Crippen molar-refractivity contribution in [2.24, 2.45) is 0 Å². The molecular weight excluding hydrogens is 326 g/mol. The molecule has 2 heterocycles. The Morgan fingerprint density at radius 2 is 2.00 bits per heavy atom. The summed E-state index contributed by atoms with van der Waals surface area (Å²) in [6.07, 6.45) is 4.20. The first-order chi connectivity index (χ1) is 12.4. The molecule has 2 saturated heterocycles. The van der Waals surface area contributed by atoms with Gasteiger partial charge in [-0.25, -0.2) is 0 Å². The Labute approximate surface area is 156 Å². The van der Waals surface area contributed by atoms with Crippen LogP contribution in [0.3, 0.4) is 0 Å². The zero-order valence-corrected chi connectivity index (χ0v) is 16.1. The average molecular weight is 355 g/mol. The third-order valence-electron chi connectivity index (χ3n) is 5.70. The second kappa shape index (κ2) is 7.59. The highest BCUT2D eigenvalue weighted by atomic mass is 16.5. The van der Waals surface area contributed by atoms with Gasteiger partial charge in [0.15, 0.2) is 6.10 Å². The molecule has 140 valence electrons. The van der Waals surface area contributed by atoms with Crippen LogP contribution in [0.25, 0.3) is 0 Å². The van der Waals surface area contributed by atoms with Gasteiger partial charge in [-0.3, -0.25) is 4.79 Å². The number of nitrogens with one attached hydrogen (secondary N) is 1. The van der Waals surface area contributed by atoms with Crippen LogP contribution in [0.4, 0.5) is 5.69 Å². The lowest BCUT2D eigenvalue weighted by atomic mass is 9.97. The van der Waals surface area contributed by atoms with Crippen LogP contribution in [0, 0.1) is 18.8 Å². The fourth-order valence-electron chi connectivity index (χ4n) is 4.19. The summed E-state index contributed by atoms with van der Waals surface area (Å²) >= 11 is 0. The molecule has 2 aliphatic heterocycles. The highest BCUT2D eigenvalue weighted by Gasteiger charge is 2.39. The lowest BCUT2D eigenvalue weighted by Gasteiger charge is -2.36. The summed E-state index contributed by atoms with van der Waals surface area (Å²) in [7, 11) is 2.20. The van der Waals surface area contributed by atoms with E-state index in [1.165, 1.54) is 12.8 Å². The van der Waals surface area contributed by atoms with Crippen LogP contribution in [0.2, 0.25) is 0 Å². The SMILES string of the molecule is CC#C[C@H](C)Oc1cc(N)c(C)cc1C(=O)NC1CC2CCC(C1)N2C. The first-order valence-electron chi connectivity index (χ1n) is 9.41. The lowest BCUT2D eigenvalue weighted by Crippen LogP contribution is -2.48. The van der Waals surface area contributed by atoms with Gasteiger partial charge in [-0.1, -0.05) is 5.92 Å². The molecule has 1 amide bonds. The maximum absolute atomic E-state index is 13.0. The number of carbonyl (C=O) groups is 1. The third-order valence-corrected chi connectivity index (χ3v) is 5.70. The Kier molecular flexibility index (Phi) is 5.43. The molecule has 2 bridgehead atoms. The van der Waals surface area contributed by atoms with Crippen molar-refractivity contribution in [1.29, 1.82) is 0 Å². The van der Waals surface area contributed by atoms with Crippen molar-refractivity contribution >= 4 is 11.6 Å². The molecule has 5 nitrogen and oxygen atoms in total. The van der Waals surface area contributed by atoms with E-state index in [1.54, 1.807) is 13.0 Å². The summed E-state index contributed by atoms with van der Waals surface area (Å²) in [5.41, 5.74) is 8.06. The number of rotatable bonds is 4. The van der Waals surface area contributed by atoms with Crippen LogP contribution in [0.5, 0.6) is 5.75 Å². The minimum Gasteiger partial charge on any atom is -0.477 e. The molecule has 2 fully saturated rings. The molecule has 1 aromatic rings. The number of hydrogen-bond donors (Lipinski definition) is 2. The standard InChI is InChI=1S/C21H29N3O2/c1-5-6-14(3)26-20-12-19(22)13(2)9-18(20)21(25)23-15-10-16-7-8-17(11-15)24(16)4/h9,12,14-17H,7-8,10-11,22H2,1-4H3,(H,23,25)/t14-,15?,16?,17?/m0/s1. The Balaban J connectivity index is 1.77. The van der Waals surface area contributed by atoms with Crippen LogP contribution in [0.15, 0.2) is 12.1 Å². The highest BCUT2D eigenvalue weighted by molar-refractivity contribution is 5.98. The molecule has 3 N–H and O–H groups in total. The highest BCUT2D eigenvalue weighted by Crippen LogP contribution is 2.34. The van der Waals surface area contributed by atoms with Crippen LogP contribution in [-0.2, 0) is 0 Å². The monoisotopic (exact) mass is 355 g/mol. The van der Waals surface area contributed by atoms with Gasteiger partial charge in [0.05, 0.1) is 5.56 Å². The van der Waals surface area contributed by atoms with Crippen LogP contribution < -0.4 is 15.8 Å². The molecule has 26 heavy (non-hydrogen) atoms. The molecule has 0 aliphatic carbocycles. The summed E-state index contributed by atoms with van der Waals surface area (Å²) in [6, 6.07) is 4.94. The van der Waals surface area contributed by atoms with Crippen molar-refractivity contribution in [3.63, 3.8) is 0 Å². The second-order valence-electron chi connectivity index (χ2n) is 7.55. The number of benzene rings is 1. The Hall–Kier alpha value is -2.19. The normalized spacial score (nSPS) is 25.9. The number of piperidine rings is 1. The van der Waals surface area contributed by atoms with Crippen molar-refractivity contribution in [3.05, 3.63) is 23.3 Å². The Morgan fingerprint density at radius 3 is 2.62 bits per heavy atom. The van der Waals surface area contributed by atoms with Crippen molar-refractivity contribution < 1.29 is 9.53 Å². The minimum atomic E-state index is -0.298. The number of fused-ring (bicyclic) bond motifs is 2. The summed E-state index contributed by atoms with van der Waals surface area (Å²) in [4.78, 5) is 15.4. The quantitative estimate of drug-likeness (QED) is 0.644. The summed E-state index contributed by atoms with van der Waals surface area (Å²) < 4.78 is 5.88. The molecule has 3 rings (SSSR count). The van der Waals surface area contributed by atoms with Gasteiger partial charge in [0.2, 0.25) is 0 Å². The number of nitrogens with two attached hydrogens (primary N) is 1. The van der Waals surface area contributed by atoms with E-state index in [0.29, 0.717) is 29.1 Å². The number of ether oxygens (including phenoxy) is 1. The molecule has 0 radical (unpaired) electrons. The molecule has 2 aliphatic rings. The third kappa shape index (κ3) is 3.81. The van der Waals surface area contributed by atoms with E-state index >= 15 is 0 Å². The van der Waals surface area contributed by atoms with E-state index in [1.807, 2.05) is 19.9 Å². The number of hydrogen-bond acceptors (Lipinski definition) is 4. The number of nitrogen functional groups attached to an aromatic ring is 1. The Morgan fingerprint density at radius 1 is 1.35 bits per heavy atom. The summed E-state index contributed by atoms with van der Waals surface area (Å²) in [5, 5.41) is 3.23. The maximum atomic E-state index is 13.0. The maximum Gasteiger partial charge on any atom is 0.255 e. The minimum absolute atomic E-state index is 0.0892. The first kappa shape index (κ1) is 18.6. The van der Waals surface area contributed by atoms with Crippen LogP contribution in [-0.4, -0.2) is 42.1 Å². The van der Waals surface area contributed by atoms with Gasteiger partial charge in [0, 0.05) is 29.9 Å². The molecule has 0 saturated carbocycles. The fourth-order valence-corrected chi connectivity index (χ4v) is 4.19. The molecular formula is C21H29N3O2. The number of anilines is 1. The van der Waals surface area contributed by atoms with Gasteiger partial charge >= 0.3 is 0 Å². The van der Waals surface area contributed by atoms with Gasteiger partial charge in [0.1, 0.15) is 5.75 Å². The van der Waals surface area contributed by atoms with Crippen molar-refractivity contribution in [1.82, 2.24) is 10.2 Å². The van der Waals surface area contributed by atoms with E-state index in [9.17, 15) is 4.79 Å². The summed E-state index contributed by atoms with van der Waals surface area (Å²) in [5.74, 6) is 6.20. The molecule has 5 heteroatoms. The molecule has 3 atom stereocenters. The van der Waals surface area contributed by atoms with Crippen LogP contribution in [0.1, 0.15) is 55.5 Å². The van der Waals surface area contributed by atoms with Crippen LogP contribution >= 0.6 is 0 Å². The molecule has 0 aromatic heterocycles. The zero-order chi connectivity index (χ0) is 18.8. The zero-order valence-electron chi connectivity index (χ0n) is 16.1. The second-order valence-corrected chi connectivity index (χ2v) is 7.55. The lowest BCUT2D eigenvalue weighted by molar-refractivity contribution is 0.0878. The number of carbonyl (C=O) groups excluding carboxylic acids is 1. The van der Waals surface area contributed by atoms with Gasteiger partial charge < -0.3 is 20.7 Å². The van der Waals surface area contributed by atoms with Crippen molar-refractivity contribution in [2.75, 3.05) is 12.8 Å². The Bertz CT molecular complexity index is 736. The predicted octanol–water partition coefficient (Wildman–Crippen LogP) is 2.72. The molecule has 2 unspecified atom stereocenters. The topological polar surface area (TPSA) is 67.6 Å². The van der Waals surface area contributed by atoms with Crippen molar-refractivity contribution in [2.45, 2.75) is 70.7 Å². The van der Waals surface area contributed by atoms with E-state index in [-0.39, 0.29) is 18.1 Å². The van der Waals surface area contributed by atoms with E-state index in [0.717, 1.165) is 18.4 Å². The van der Waals surface area contributed by atoms with Crippen molar-refractivity contribution in [3.8, 4) is 17.6 Å². The fraction of sp³-hybridized carbons (Fsp3) is 0.571. The number of nitrogens with zero attached hydrogens (tertiary/aromatic N) is 1. The average Bonchev–Trinajstić information content (AvgIpc) is 2.80. The van der Waals surface area contributed by atoms with Gasteiger partial charge in [0.25, 0.3) is 5.91 Å². The van der Waals surface area contributed by atoms with E-state index in [4.69, 9.17) is 10.5 Å². The van der Waals surface area contributed by atoms with Gasteiger partial charge in [-0.05, 0) is 65.1 Å². The summed E-state index contributed by atoms with van der Waals surface area (Å²) in [6.45, 7) is 5.54. The number of aryl methyl sites for hydroxylation is 1. The van der Waals surface area contributed by atoms with Gasteiger partial charge in [-0.15, -0.1) is 5.92 Å². The predicted molar refractivity (Wildman–Crippen MR) is 104 cm³/mol. The first-order valence-corrected chi connectivity index (χ1v) is 9.41. The molecule has 0 spiro atoms. The largest absolute Gasteiger partial charge is 0.477 e. The molecule has 1 aromatic carbocycles. The van der Waals surface area contributed by atoms with Gasteiger partial charge in [-0.2, -0.15) is 0 Å².